The zero-order valence-corrected chi connectivity index (χ0v) is 31.8. The topological polar surface area (TPSA) is 3.24 Å². The van der Waals surface area contributed by atoms with Gasteiger partial charge in [0.1, 0.15) is 0 Å². The van der Waals surface area contributed by atoms with E-state index in [1.165, 1.54) is 77.9 Å². The van der Waals surface area contributed by atoms with E-state index in [1.54, 1.807) is 0 Å². The highest BCUT2D eigenvalue weighted by Crippen LogP contribution is 2.53. The average molecular weight is 706 g/mol. The number of benzene rings is 8. The summed E-state index contributed by atoms with van der Waals surface area (Å²) < 4.78 is 0. The van der Waals surface area contributed by atoms with Gasteiger partial charge in [0.15, 0.2) is 0 Å². The molecule has 2 aliphatic carbocycles. The van der Waals surface area contributed by atoms with Crippen LogP contribution in [0.2, 0.25) is 0 Å². The molecule has 1 heteroatoms. The van der Waals surface area contributed by atoms with Gasteiger partial charge in [-0.25, -0.2) is 0 Å². The molecule has 0 fully saturated rings. The van der Waals surface area contributed by atoms with Gasteiger partial charge < -0.3 is 4.90 Å². The Morgan fingerprint density at radius 1 is 0.273 bits per heavy atom. The Morgan fingerprint density at radius 2 is 0.618 bits per heavy atom. The van der Waals surface area contributed by atoms with Crippen molar-refractivity contribution in [1.82, 2.24) is 0 Å². The summed E-state index contributed by atoms with van der Waals surface area (Å²) in [6.45, 7) is 9.46. The van der Waals surface area contributed by atoms with Gasteiger partial charge in [0.2, 0.25) is 0 Å². The molecule has 8 aromatic rings. The fourth-order valence-electron chi connectivity index (χ4n) is 9.30. The van der Waals surface area contributed by atoms with E-state index in [-0.39, 0.29) is 10.8 Å². The quantitative estimate of drug-likeness (QED) is 0.166. The van der Waals surface area contributed by atoms with Crippen molar-refractivity contribution < 1.29 is 0 Å². The summed E-state index contributed by atoms with van der Waals surface area (Å²) in [4.78, 5) is 2.46. The smallest absolute Gasteiger partial charge is 0.0465 e. The van der Waals surface area contributed by atoms with Gasteiger partial charge in [0.05, 0.1) is 0 Å². The van der Waals surface area contributed by atoms with Crippen LogP contribution in [-0.4, -0.2) is 0 Å². The Kier molecular flexibility index (Phi) is 7.58. The second-order valence-corrected chi connectivity index (χ2v) is 16.2. The Balaban J connectivity index is 1.11. The number of hydrogen-bond acceptors (Lipinski definition) is 1. The van der Waals surface area contributed by atoms with Crippen LogP contribution < -0.4 is 4.90 Å². The van der Waals surface area contributed by atoms with Crippen LogP contribution in [0, 0.1) is 0 Å². The van der Waals surface area contributed by atoms with E-state index >= 15 is 0 Å². The Morgan fingerprint density at radius 3 is 1.05 bits per heavy atom. The highest BCUT2D eigenvalue weighted by Gasteiger charge is 2.37. The average Bonchev–Trinajstić information content (AvgIpc) is 3.61. The lowest BCUT2D eigenvalue weighted by Gasteiger charge is -2.30. The van der Waals surface area contributed by atoms with Crippen molar-refractivity contribution in [3.63, 3.8) is 0 Å². The normalized spacial score (nSPS) is 14.1. The van der Waals surface area contributed by atoms with E-state index < -0.39 is 0 Å². The van der Waals surface area contributed by atoms with E-state index in [2.05, 4.69) is 221 Å². The maximum absolute atomic E-state index is 2.46. The van der Waals surface area contributed by atoms with Crippen LogP contribution in [0.5, 0.6) is 0 Å². The van der Waals surface area contributed by atoms with Crippen LogP contribution in [0.25, 0.3) is 55.6 Å². The predicted molar refractivity (Wildman–Crippen MR) is 233 cm³/mol. The van der Waals surface area contributed by atoms with Crippen molar-refractivity contribution in [3.05, 3.63) is 210 Å². The minimum Gasteiger partial charge on any atom is -0.310 e. The maximum atomic E-state index is 2.46. The SMILES string of the molecule is CC1(C)c2ccccc2-c2ccc(N(c3ccc(-c4cc(-c5ccccc5)cc(-c5ccccc5)c4)cc3)c3ccc4c(c3)C(C)(C)c3ccccc3-4)cc21. The molecule has 0 unspecified atom stereocenters. The van der Waals surface area contributed by atoms with E-state index in [1.807, 2.05) is 0 Å². The fraction of sp³-hybridized carbons (Fsp3) is 0.111. The molecule has 55 heavy (non-hydrogen) atoms. The fourth-order valence-corrected chi connectivity index (χ4v) is 9.30. The van der Waals surface area contributed by atoms with Crippen molar-refractivity contribution >= 4 is 17.1 Å². The van der Waals surface area contributed by atoms with Crippen molar-refractivity contribution in [3.8, 4) is 55.6 Å². The first-order valence-electron chi connectivity index (χ1n) is 19.4. The lowest BCUT2D eigenvalue weighted by atomic mass is 9.82. The van der Waals surface area contributed by atoms with Gasteiger partial charge in [0, 0.05) is 27.9 Å². The molecule has 0 aliphatic heterocycles. The molecule has 0 saturated carbocycles. The molecule has 0 aromatic heterocycles. The molecule has 264 valence electrons. The second kappa shape index (κ2) is 12.6. The Bertz CT molecular complexity index is 2570. The summed E-state index contributed by atoms with van der Waals surface area (Å²) in [5.74, 6) is 0. The number of anilines is 3. The molecule has 0 N–H and O–H groups in total. The third-order valence-corrected chi connectivity index (χ3v) is 12.3. The molecule has 0 atom stereocenters. The first-order valence-corrected chi connectivity index (χ1v) is 19.4. The number of rotatable bonds is 6. The number of fused-ring (bicyclic) bond motifs is 6. The standard InChI is InChI=1S/C54H43N/c1-53(2)49-21-13-11-19-45(49)47-29-27-43(34-51(47)53)55(44-28-30-48-46-20-12-14-22-50(46)54(3,4)52(48)35-44)42-25-23-38(24-26-42)41-32-39(36-15-7-5-8-16-36)31-40(33-41)37-17-9-6-10-18-37/h5-35H,1-4H3. The van der Waals surface area contributed by atoms with Crippen molar-refractivity contribution in [2.45, 2.75) is 38.5 Å². The molecule has 1 nitrogen and oxygen atoms in total. The minimum atomic E-state index is -0.0980. The monoisotopic (exact) mass is 705 g/mol. The van der Waals surface area contributed by atoms with Gasteiger partial charge in [0.25, 0.3) is 0 Å². The highest BCUT2D eigenvalue weighted by molar-refractivity contribution is 5.89. The minimum absolute atomic E-state index is 0.0980. The summed E-state index contributed by atoms with van der Waals surface area (Å²) >= 11 is 0. The molecular formula is C54H43N. The molecule has 2 aliphatic rings. The van der Waals surface area contributed by atoms with Crippen LogP contribution in [-0.2, 0) is 10.8 Å². The van der Waals surface area contributed by atoms with E-state index in [0.717, 1.165) is 17.1 Å². The Hall–Kier alpha value is -6.44. The third-order valence-electron chi connectivity index (χ3n) is 12.3. The predicted octanol–water partition coefficient (Wildman–Crippen LogP) is 14.8. The lowest BCUT2D eigenvalue weighted by molar-refractivity contribution is 0.660. The first-order chi connectivity index (χ1) is 26.8. The van der Waals surface area contributed by atoms with E-state index in [4.69, 9.17) is 0 Å². The highest BCUT2D eigenvalue weighted by atomic mass is 15.1. The van der Waals surface area contributed by atoms with Crippen molar-refractivity contribution in [2.75, 3.05) is 4.90 Å². The van der Waals surface area contributed by atoms with Gasteiger partial charge in [-0.05, 0) is 132 Å². The summed E-state index contributed by atoms with van der Waals surface area (Å²) in [5.41, 5.74) is 21.4. The van der Waals surface area contributed by atoms with Gasteiger partial charge in [-0.3, -0.25) is 0 Å². The van der Waals surface area contributed by atoms with Gasteiger partial charge in [-0.2, -0.15) is 0 Å². The molecule has 0 saturated heterocycles. The lowest BCUT2D eigenvalue weighted by Crippen LogP contribution is -2.18. The molecule has 0 spiro atoms. The molecule has 10 rings (SSSR count). The summed E-state index contributed by atoms with van der Waals surface area (Å²) in [6, 6.07) is 69.5. The van der Waals surface area contributed by atoms with Crippen LogP contribution in [0.3, 0.4) is 0 Å². The summed E-state index contributed by atoms with van der Waals surface area (Å²) in [6.07, 6.45) is 0. The maximum Gasteiger partial charge on any atom is 0.0465 e. The largest absolute Gasteiger partial charge is 0.310 e. The van der Waals surface area contributed by atoms with Crippen LogP contribution in [0.4, 0.5) is 17.1 Å². The first kappa shape index (κ1) is 33.2. The van der Waals surface area contributed by atoms with Crippen molar-refractivity contribution in [1.29, 1.82) is 0 Å². The van der Waals surface area contributed by atoms with E-state index in [9.17, 15) is 0 Å². The molecule has 8 aromatic carbocycles. The summed E-state index contributed by atoms with van der Waals surface area (Å²) in [5, 5.41) is 0. The van der Waals surface area contributed by atoms with Crippen LogP contribution >= 0.6 is 0 Å². The van der Waals surface area contributed by atoms with Gasteiger partial charge >= 0.3 is 0 Å². The molecule has 0 amide bonds. The van der Waals surface area contributed by atoms with Gasteiger partial charge in [-0.1, -0.05) is 161 Å². The van der Waals surface area contributed by atoms with Crippen LogP contribution in [0.15, 0.2) is 188 Å². The summed E-state index contributed by atoms with van der Waals surface area (Å²) in [7, 11) is 0. The number of nitrogens with zero attached hydrogens (tertiary/aromatic N) is 1. The third kappa shape index (κ3) is 5.37. The van der Waals surface area contributed by atoms with E-state index in [0.29, 0.717) is 0 Å². The zero-order chi connectivity index (χ0) is 37.3. The molecule has 0 heterocycles. The Labute approximate surface area is 325 Å². The van der Waals surface area contributed by atoms with Crippen LogP contribution in [0.1, 0.15) is 49.9 Å². The zero-order valence-electron chi connectivity index (χ0n) is 31.8. The number of hydrogen-bond donors (Lipinski definition) is 0. The molecule has 0 bridgehead atoms. The molecule has 0 radical (unpaired) electrons. The van der Waals surface area contributed by atoms with Crippen molar-refractivity contribution in [2.24, 2.45) is 0 Å². The van der Waals surface area contributed by atoms with Gasteiger partial charge in [-0.15, -0.1) is 0 Å². The molecular weight excluding hydrogens is 663 g/mol. The second-order valence-electron chi connectivity index (χ2n) is 16.2.